The molecule has 110 valence electrons. The number of nitrogens with one attached hydrogen (secondary N) is 1. The number of hydrogen-bond acceptors (Lipinski definition) is 3. The van der Waals surface area contributed by atoms with Crippen molar-refractivity contribution < 1.29 is 4.79 Å². The molecule has 0 radical (unpaired) electrons. The highest BCUT2D eigenvalue weighted by molar-refractivity contribution is 6.07. The zero-order valence-corrected chi connectivity index (χ0v) is 12.6. The van der Waals surface area contributed by atoms with Crippen LogP contribution in [0.25, 0.3) is 10.9 Å². The van der Waals surface area contributed by atoms with Crippen LogP contribution in [0.3, 0.4) is 0 Å². The molecule has 0 atom stereocenters. The molecule has 4 nitrogen and oxygen atoms in total. The number of pyridine rings is 1. The van der Waals surface area contributed by atoms with Crippen molar-refractivity contribution in [3.63, 3.8) is 0 Å². The lowest BCUT2D eigenvalue weighted by Gasteiger charge is -2.29. The van der Waals surface area contributed by atoms with Crippen LogP contribution in [0.1, 0.15) is 35.5 Å². The van der Waals surface area contributed by atoms with Crippen molar-refractivity contribution in [3.8, 4) is 0 Å². The summed E-state index contributed by atoms with van der Waals surface area (Å²) in [6, 6.07) is 7.94. The van der Waals surface area contributed by atoms with Crippen LogP contribution in [0, 0.1) is 0 Å². The van der Waals surface area contributed by atoms with Crippen molar-refractivity contribution in [2.45, 2.75) is 26.8 Å². The fourth-order valence-corrected chi connectivity index (χ4v) is 3.02. The first-order valence-electron chi connectivity index (χ1n) is 7.65. The Morgan fingerprint density at radius 1 is 1.33 bits per heavy atom. The smallest absolute Gasteiger partial charge is 0.252 e. The minimum Gasteiger partial charge on any atom is -0.352 e. The van der Waals surface area contributed by atoms with Crippen LogP contribution >= 0.6 is 0 Å². The van der Waals surface area contributed by atoms with Gasteiger partial charge in [-0.1, -0.05) is 25.1 Å². The van der Waals surface area contributed by atoms with Gasteiger partial charge in [-0.15, -0.1) is 0 Å². The summed E-state index contributed by atoms with van der Waals surface area (Å²) in [6.07, 6.45) is 0.917. The van der Waals surface area contributed by atoms with Crippen LogP contribution in [0.5, 0.6) is 0 Å². The van der Waals surface area contributed by atoms with Crippen molar-refractivity contribution in [3.05, 3.63) is 41.1 Å². The van der Waals surface area contributed by atoms with E-state index in [9.17, 15) is 4.79 Å². The molecule has 3 rings (SSSR count). The summed E-state index contributed by atoms with van der Waals surface area (Å²) >= 11 is 0. The van der Waals surface area contributed by atoms with E-state index in [0.717, 1.165) is 53.8 Å². The predicted molar refractivity (Wildman–Crippen MR) is 84.4 cm³/mol. The van der Waals surface area contributed by atoms with Crippen LogP contribution in [-0.4, -0.2) is 35.4 Å². The van der Waals surface area contributed by atoms with Crippen LogP contribution in [0.4, 0.5) is 0 Å². The molecule has 1 amide bonds. The number of nitrogens with zero attached hydrogens (tertiary/aromatic N) is 2. The van der Waals surface area contributed by atoms with Crippen molar-refractivity contribution in [2.24, 2.45) is 0 Å². The van der Waals surface area contributed by atoms with Gasteiger partial charge in [0.15, 0.2) is 0 Å². The predicted octanol–water partition coefficient (Wildman–Crippen LogP) is 2.36. The SMILES string of the molecule is CCNC(=O)c1c2c(nc3ccccc13)CCN(CC)C2. The number of hydrogen-bond donors (Lipinski definition) is 1. The van der Waals surface area contributed by atoms with Gasteiger partial charge in [-0.2, -0.15) is 0 Å². The molecular formula is C17H21N3O. The summed E-state index contributed by atoms with van der Waals surface area (Å²) in [5, 5.41) is 3.91. The topological polar surface area (TPSA) is 45.2 Å². The second kappa shape index (κ2) is 5.82. The summed E-state index contributed by atoms with van der Waals surface area (Å²) < 4.78 is 0. The van der Waals surface area contributed by atoms with Crippen LogP contribution in [0.2, 0.25) is 0 Å². The Labute approximate surface area is 125 Å². The molecule has 21 heavy (non-hydrogen) atoms. The van der Waals surface area contributed by atoms with E-state index in [4.69, 9.17) is 4.98 Å². The van der Waals surface area contributed by atoms with Crippen molar-refractivity contribution >= 4 is 16.8 Å². The number of amides is 1. The summed E-state index contributed by atoms with van der Waals surface area (Å²) in [6.45, 7) is 7.58. The quantitative estimate of drug-likeness (QED) is 0.940. The molecule has 2 heterocycles. The highest BCUT2D eigenvalue weighted by Crippen LogP contribution is 2.27. The second-order valence-electron chi connectivity index (χ2n) is 5.41. The molecular weight excluding hydrogens is 262 g/mol. The second-order valence-corrected chi connectivity index (χ2v) is 5.41. The number of carbonyl (C=O) groups excluding carboxylic acids is 1. The lowest BCUT2D eigenvalue weighted by atomic mass is 9.95. The van der Waals surface area contributed by atoms with Gasteiger partial charge >= 0.3 is 0 Å². The molecule has 0 fully saturated rings. The standard InChI is InChI=1S/C17H21N3O/c1-3-18-17(21)16-12-7-5-6-8-14(12)19-15-9-10-20(4-2)11-13(15)16/h5-8H,3-4,9-11H2,1-2H3,(H,18,21). The van der Waals surface area contributed by atoms with E-state index in [1.54, 1.807) is 0 Å². The summed E-state index contributed by atoms with van der Waals surface area (Å²) in [5.74, 6) is 0.0188. The number of carbonyl (C=O) groups is 1. The molecule has 2 aromatic rings. The Kier molecular flexibility index (Phi) is 3.88. The first-order chi connectivity index (χ1) is 10.2. The monoisotopic (exact) mass is 283 g/mol. The van der Waals surface area contributed by atoms with Crippen LogP contribution in [0.15, 0.2) is 24.3 Å². The zero-order valence-electron chi connectivity index (χ0n) is 12.6. The zero-order chi connectivity index (χ0) is 14.8. The molecule has 1 aromatic heterocycles. The molecule has 0 saturated carbocycles. The third kappa shape index (κ3) is 2.51. The molecule has 1 aromatic carbocycles. The van der Waals surface area contributed by atoms with Gasteiger partial charge in [0.25, 0.3) is 5.91 Å². The number of rotatable bonds is 3. The van der Waals surface area contributed by atoms with E-state index in [0.29, 0.717) is 6.54 Å². The van der Waals surface area contributed by atoms with Gasteiger partial charge < -0.3 is 5.32 Å². The van der Waals surface area contributed by atoms with Crippen molar-refractivity contribution in [1.82, 2.24) is 15.2 Å². The molecule has 4 heteroatoms. The number of likely N-dealkylation sites (N-methyl/N-ethyl adjacent to an activating group) is 1. The van der Waals surface area contributed by atoms with Gasteiger partial charge in [-0.05, 0) is 19.5 Å². The lowest BCUT2D eigenvalue weighted by Crippen LogP contribution is -2.34. The number of para-hydroxylation sites is 1. The van der Waals surface area contributed by atoms with E-state index in [1.807, 2.05) is 31.2 Å². The van der Waals surface area contributed by atoms with Gasteiger partial charge in [0, 0.05) is 42.7 Å². The Hall–Kier alpha value is -1.94. The van der Waals surface area contributed by atoms with E-state index in [2.05, 4.69) is 17.1 Å². The van der Waals surface area contributed by atoms with Crippen LogP contribution < -0.4 is 5.32 Å². The average Bonchev–Trinajstić information content (AvgIpc) is 2.52. The van der Waals surface area contributed by atoms with E-state index < -0.39 is 0 Å². The first-order valence-corrected chi connectivity index (χ1v) is 7.65. The number of aromatic nitrogens is 1. The molecule has 0 saturated heterocycles. The Morgan fingerprint density at radius 2 is 2.14 bits per heavy atom. The van der Waals surface area contributed by atoms with Gasteiger partial charge in [0.1, 0.15) is 0 Å². The maximum atomic E-state index is 12.6. The largest absolute Gasteiger partial charge is 0.352 e. The minimum atomic E-state index is 0.0188. The lowest BCUT2D eigenvalue weighted by molar-refractivity contribution is 0.0954. The molecule has 0 unspecified atom stereocenters. The highest BCUT2D eigenvalue weighted by Gasteiger charge is 2.24. The Morgan fingerprint density at radius 3 is 2.90 bits per heavy atom. The fraction of sp³-hybridized carbons (Fsp3) is 0.412. The average molecular weight is 283 g/mol. The van der Waals surface area contributed by atoms with Crippen molar-refractivity contribution in [1.29, 1.82) is 0 Å². The minimum absolute atomic E-state index is 0.0188. The van der Waals surface area contributed by atoms with Gasteiger partial charge in [-0.3, -0.25) is 14.7 Å². The maximum Gasteiger partial charge on any atom is 0.252 e. The maximum absolute atomic E-state index is 12.6. The van der Waals surface area contributed by atoms with Crippen LogP contribution in [-0.2, 0) is 13.0 Å². The molecule has 1 aliphatic heterocycles. The molecule has 0 spiro atoms. The van der Waals surface area contributed by atoms with Gasteiger partial charge in [0.05, 0.1) is 11.1 Å². The highest BCUT2D eigenvalue weighted by atomic mass is 16.1. The number of fused-ring (bicyclic) bond motifs is 2. The first kappa shape index (κ1) is 14.0. The Bertz CT molecular complexity index is 681. The summed E-state index contributed by atoms with van der Waals surface area (Å²) in [7, 11) is 0. The van der Waals surface area contributed by atoms with Gasteiger partial charge in [-0.25, -0.2) is 0 Å². The van der Waals surface area contributed by atoms with Crippen molar-refractivity contribution in [2.75, 3.05) is 19.6 Å². The summed E-state index contributed by atoms with van der Waals surface area (Å²) in [4.78, 5) is 19.7. The normalized spacial score (nSPS) is 15.0. The summed E-state index contributed by atoms with van der Waals surface area (Å²) in [5.41, 5.74) is 3.92. The Balaban J connectivity index is 2.21. The molecule has 0 bridgehead atoms. The molecule has 1 N–H and O–H groups in total. The van der Waals surface area contributed by atoms with E-state index in [-0.39, 0.29) is 5.91 Å². The fourth-order valence-electron chi connectivity index (χ4n) is 3.02. The van der Waals surface area contributed by atoms with E-state index in [1.165, 1.54) is 0 Å². The third-order valence-electron chi connectivity index (χ3n) is 4.14. The van der Waals surface area contributed by atoms with Gasteiger partial charge in [0.2, 0.25) is 0 Å². The molecule has 1 aliphatic rings. The van der Waals surface area contributed by atoms with E-state index >= 15 is 0 Å². The third-order valence-corrected chi connectivity index (χ3v) is 4.14. The number of benzene rings is 1. The molecule has 0 aliphatic carbocycles.